The number of pyridine rings is 1. The Morgan fingerprint density at radius 3 is 2.50 bits per heavy atom. The molecule has 1 aliphatic heterocycles. The molecule has 1 aromatic heterocycles. The zero-order chi connectivity index (χ0) is 19.5. The maximum atomic E-state index is 13.0. The normalized spacial score (nSPS) is 13.3. The Hall–Kier alpha value is -3.14. The molecule has 2 aromatic carbocycles. The van der Waals surface area contributed by atoms with Crippen LogP contribution in [0.25, 0.3) is 0 Å². The first-order chi connectivity index (χ1) is 13.6. The van der Waals surface area contributed by atoms with E-state index < -0.39 is 0 Å². The van der Waals surface area contributed by atoms with Crippen LogP contribution in [0, 0.1) is 0 Å². The maximum Gasteiger partial charge on any atom is 0.255 e. The molecule has 142 valence electrons. The highest BCUT2D eigenvalue weighted by molar-refractivity contribution is 5.95. The van der Waals surface area contributed by atoms with E-state index in [1.807, 2.05) is 17.0 Å². The van der Waals surface area contributed by atoms with Crippen molar-refractivity contribution >= 4 is 17.3 Å². The van der Waals surface area contributed by atoms with Gasteiger partial charge in [0, 0.05) is 25.0 Å². The first kappa shape index (κ1) is 18.2. The van der Waals surface area contributed by atoms with Gasteiger partial charge >= 0.3 is 0 Å². The zero-order valence-electron chi connectivity index (χ0n) is 16.4. The van der Waals surface area contributed by atoms with Crippen LogP contribution in [-0.2, 0) is 13.0 Å². The summed E-state index contributed by atoms with van der Waals surface area (Å²) in [4.78, 5) is 19.2. The van der Waals surface area contributed by atoms with Crippen molar-refractivity contribution in [2.45, 2.75) is 32.7 Å². The van der Waals surface area contributed by atoms with Gasteiger partial charge in [0.25, 0.3) is 5.91 Å². The van der Waals surface area contributed by atoms with Crippen LogP contribution >= 0.6 is 0 Å². The average Bonchev–Trinajstić information content (AvgIpc) is 2.73. The Labute approximate surface area is 166 Å². The molecule has 1 N–H and O–H groups in total. The van der Waals surface area contributed by atoms with Gasteiger partial charge in [-0.15, -0.1) is 0 Å². The van der Waals surface area contributed by atoms with E-state index in [0.29, 0.717) is 18.0 Å². The first-order valence-corrected chi connectivity index (χ1v) is 9.78. The van der Waals surface area contributed by atoms with E-state index >= 15 is 0 Å². The minimum absolute atomic E-state index is 0.0285. The Kier molecular flexibility index (Phi) is 5.11. The number of carbonyl (C=O) groups excluding carboxylic acids is 1. The highest BCUT2D eigenvalue weighted by Gasteiger charge is 2.21. The van der Waals surface area contributed by atoms with Crippen LogP contribution in [0.1, 0.15) is 46.8 Å². The molecule has 1 amide bonds. The van der Waals surface area contributed by atoms with Gasteiger partial charge in [-0.3, -0.25) is 9.78 Å². The molecular weight excluding hydrogens is 346 g/mol. The van der Waals surface area contributed by atoms with E-state index in [1.54, 1.807) is 12.4 Å². The van der Waals surface area contributed by atoms with Gasteiger partial charge in [-0.05, 0) is 47.2 Å². The molecule has 0 saturated heterocycles. The fourth-order valence-electron chi connectivity index (χ4n) is 3.59. The quantitative estimate of drug-likeness (QED) is 0.690. The fraction of sp³-hybridized carbons (Fsp3) is 0.250. The second-order valence-corrected chi connectivity index (χ2v) is 7.61. The van der Waals surface area contributed by atoms with Crippen molar-refractivity contribution in [2.75, 3.05) is 11.9 Å². The summed E-state index contributed by atoms with van der Waals surface area (Å²) in [5.74, 6) is 0.534. The summed E-state index contributed by atoms with van der Waals surface area (Å²) in [6.07, 6.45) is 4.30. The number of carbonyl (C=O) groups is 1. The monoisotopic (exact) mass is 371 g/mol. The summed E-state index contributed by atoms with van der Waals surface area (Å²) in [5.41, 5.74) is 6.30. The molecule has 28 heavy (non-hydrogen) atoms. The maximum absolute atomic E-state index is 13.0. The molecule has 4 nitrogen and oxygen atoms in total. The number of hydrogen-bond donors (Lipinski definition) is 1. The lowest BCUT2D eigenvalue weighted by atomic mass is 9.99. The van der Waals surface area contributed by atoms with Crippen molar-refractivity contribution in [3.05, 3.63) is 89.2 Å². The lowest BCUT2D eigenvalue weighted by Crippen LogP contribution is -2.36. The zero-order valence-corrected chi connectivity index (χ0v) is 16.4. The topological polar surface area (TPSA) is 45.2 Å². The highest BCUT2D eigenvalue weighted by Crippen LogP contribution is 2.23. The summed E-state index contributed by atoms with van der Waals surface area (Å²) in [7, 11) is 0. The third-order valence-electron chi connectivity index (χ3n) is 5.27. The summed E-state index contributed by atoms with van der Waals surface area (Å²) in [5, 5.41) is 3.35. The van der Waals surface area contributed by atoms with Crippen molar-refractivity contribution in [3.8, 4) is 0 Å². The second-order valence-electron chi connectivity index (χ2n) is 7.61. The number of nitrogens with one attached hydrogen (secondary N) is 1. The molecule has 0 fully saturated rings. The van der Waals surface area contributed by atoms with Crippen LogP contribution in [0.15, 0.2) is 67.0 Å². The van der Waals surface area contributed by atoms with Crippen LogP contribution < -0.4 is 5.32 Å². The van der Waals surface area contributed by atoms with E-state index in [4.69, 9.17) is 0 Å². The molecule has 0 radical (unpaired) electrons. The molecule has 3 aromatic rings. The Balaban J connectivity index is 1.48. The van der Waals surface area contributed by atoms with Gasteiger partial charge in [-0.2, -0.15) is 0 Å². The fourth-order valence-corrected chi connectivity index (χ4v) is 3.59. The first-order valence-electron chi connectivity index (χ1n) is 9.78. The number of anilines is 2. The molecule has 0 unspecified atom stereocenters. The van der Waals surface area contributed by atoms with Crippen molar-refractivity contribution < 1.29 is 4.79 Å². The largest absolute Gasteiger partial charge is 0.354 e. The van der Waals surface area contributed by atoms with Crippen molar-refractivity contribution in [3.63, 3.8) is 0 Å². The smallest absolute Gasteiger partial charge is 0.255 e. The second kappa shape index (κ2) is 7.85. The Morgan fingerprint density at radius 1 is 1.00 bits per heavy atom. The van der Waals surface area contributed by atoms with Crippen LogP contribution in [0.3, 0.4) is 0 Å². The van der Waals surface area contributed by atoms with Crippen LogP contribution in [0.4, 0.5) is 11.4 Å². The number of amides is 1. The SMILES string of the molecule is CC(C)c1ccc(Nc2cncc(C(=O)N3CCc4ccccc4C3)c2)cc1. The van der Waals surface area contributed by atoms with Crippen molar-refractivity contribution in [1.82, 2.24) is 9.88 Å². The summed E-state index contributed by atoms with van der Waals surface area (Å²) >= 11 is 0. The van der Waals surface area contributed by atoms with Gasteiger partial charge in [0.05, 0.1) is 17.4 Å². The van der Waals surface area contributed by atoms with E-state index in [9.17, 15) is 4.79 Å². The molecule has 0 saturated carbocycles. The standard InChI is InChI=1S/C24H25N3O/c1-17(2)18-7-9-22(10-8-18)26-23-13-21(14-25-15-23)24(28)27-12-11-19-5-3-4-6-20(19)16-27/h3-10,13-15,17,26H,11-12,16H2,1-2H3. The van der Waals surface area contributed by atoms with E-state index in [-0.39, 0.29) is 5.91 Å². The number of fused-ring (bicyclic) bond motifs is 1. The lowest BCUT2D eigenvalue weighted by molar-refractivity contribution is 0.0734. The average molecular weight is 371 g/mol. The van der Waals surface area contributed by atoms with E-state index in [1.165, 1.54) is 16.7 Å². The summed E-state index contributed by atoms with van der Waals surface area (Å²) in [6, 6.07) is 18.6. The number of benzene rings is 2. The predicted molar refractivity (Wildman–Crippen MR) is 113 cm³/mol. The molecule has 0 atom stereocenters. The Bertz CT molecular complexity index is 979. The molecule has 0 aliphatic carbocycles. The van der Waals surface area contributed by atoms with E-state index in [2.05, 4.69) is 66.6 Å². The van der Waals surface area contributed by atoms with Gasteiger partial charge < -0.3 is 10.2 Å². The highest BCUT2D eigenvalue weighted by atomic mass is 16.2. The van der Waals surface area contributed by atoms with Crippen molar-refractivity contribution in [2.24, 2.45) is 0 Å². The van der Waals surface area contributed by atoms with Gasteiger partial charge in [-0.1, -0.05) is 50.2 Å². The van der Waals surface area contributed by atoms with Gasteiger partial charge in [0.2, 0.25) is 0 Å². The van der Waals surface area contributed by atoms with Crippen LogP contribution in [-0.4, -0.2) is 22.3 Å². The molecule has 0 bridgehead atoms. The molecular formula is C24H25N3O. The van der Waals surface area contributed by atoms with Crippen LogP contribution in [0.2, 0.25) is 0 Å². The Morgan fingerprint density at radius 2 is 1.75 bits per heavy atom. The van der Waals surface area contributed by atoms with Gasteiger partial charge in [0.1, 0.15) is 0 Å². The minimum atomic E-state index is 0.0285. The van der Waals surface area contributed by atoms with Crippen LogP contribution in [0.5, 0.6) is 0 Å². The summed E-state index contributed by atoms with van der Waals surface area (Å²) < 4.78 is 0. The van der Waals surface area contributed by atoms with Crippen molar-refractivity contribution in [1.29, 1.82) is 0 Å². The number of hydrogen-bond acceptors (Lipinski definition) is 3. The molecule has 2 heterocycles. The molecule has 0 spiro atoms. The number of nitrogens with zero attached hydrogens (tertiary/aromatic N) is 2. The number of rotatable bonds is 4. The van der Waals surface area contributed by atoms with E-state index in [0.717, 1.165) is 24.3 Å². The lowest BCUT2D eigenvalue weighted by Gasteiger charge is -2.29. The third-order valence-corrected chi connectivity index (χ3v) is 5.27. The molecule has 4 heteroatoms. The molecule has 4 rings (SSSR count). The number of aromatic nitrogens is 1. The third kappa shape index (κ3) is 3.91. The molecule has 1 aliphatic rings. The minimum Gasteiger partial charge on any atom is -0.354 e. The van der Waals surface area contributed by atoms with Gasteiger partial charge in [0.15, 0.2) is 0 Å². The predicted octanol–water partition coefficient (Wildman–Crippen LogP) is 5.15. The summed E-state index contributed by atoms with van der Waals surface area (Å²) in [6.45, 7) is 5.76. The van der Waals surface area contributed by atoms with Gasteiger partial charge in [-0.25, -0.2) is 0 Å².